The zero-order valence-corrected chi connectivity index (χ0v) is 53.2. The molecule has 0 saturated carbocycles. The number of piperidine rings is 1. The minimum absolute atomic E-state index is 0.103. The molecule has 4 unspecified atom stereocenters. The summed E-state index contributed by atoms with van der Waals surface area (Å²) in [6, 6.07) is 4.26. The fourth-order valence-corrected chi connectivity index (χ4v) is 13.7. The number of nitrogens with zero attached hydrogens (tertiary/aromatic N) is 8. The highest BCUT2D eigenvalue weighted by molar-refractivity contribution is 7.92. The molecule has 4 amide bonds. The van der Waals surface area contributed by atoms with Gasteiger partial charge in [0.05, 0.1) is 11.0 Å². The van der Waals surface area contributed by atoms with Crippen molar-refractivity contribution in [1.29, 1.82) is 5.26 Å². The van der Waals surface area contributed by atoms with Crippen LogP contribution in [0, 0.1) is 38.9 Å². The Morgan fingerprint density at radius 3 is 1.47 bits per heavy atom. The number of amides is 4. The van der Waals surface area contributed by atoms with E-state index >= 15 is 0 Å². The van der Waals surface area contributed by atoms with Gasteiger partial charge in [0.25, 0.3) is 5.91 Å². The normalized spacial score (nSPS) is 22.5. The van der Waals surface area contributed by atoms with Crippen LogP contribution >= 0.6 is 0 Å². The van der Waals surface area contributed by atoms with Crippen LogP contribution in [-0.2, 0) is 29.0 Å². The van der Waals surface area contributed by atoms with Crippen molar-refractivity contribution in [1.82, 2.24) is 34.3 Å². The molecule has 6 aliphatic heterocycles. The molecule has 4 bridgehead atoms. The van der Waals surface area contributed by atoms with Gasteiger partial charge in [-0.1, -0.05) is 123 Å². The lowest BCUT2D eigenvalue weighted by atomic mass is 9.90. The Labute approximate surface area is 482 Å². The summed E-state index contributed by atoms with van der Waals surface area (Å²) in [5.74, 6) is 0.490. The fraction of sp³-hybridized carbons (Fsp3) is 0.797. The van der Waals surface area contributed by atoms with Crippen molar-refractivity contribution in [2.24, 2.45) is 27.6 Å². The van der Waals surface area contributed by atoms with Gasteiger partial charge in [-0.3, -0.25) is 33.9 Å². The maximum atomic E-state index is 12.3. The molecule has 450 valence electrons. The highest BCUT2D eigenvalue weighted by atomic mass is 32.2. The van der Waals surface area contributed by atoms with E-state index in [1.54, 1.807) is 11.0 Å². The van der Waals surface area contributed by atoms with Gasteiger partial charge >= 0.3 is 0 Å². The number of carbonyl (C=O) groups excluding carboxylic acids is 4. The first kappa shape index (κ1) is 69.4. The van der Waals surface area contributed by atoms with Crippen molar-refractivity contribution in [3.63, 3.8) is 0 Å². The lowest BCUT2D eigenvalue weighted by molar-refractivity contribution is -0.129. The molecule has 6 saturated heterocycles. The summed E-state index contributed by atoms with van der Waals surface area (Å²) in [6.45, 7) is 53.2. The van der Waals surface area contributed by atoms with Crippen LogP contribution in [0.25, 0.3) is 0 Å². The Morgan fingerprint density at radius 1 is 0.557 bits per heavy atom. The summed E-state index contributed by atoms with van der Waals surface area (Å²) in [5, 5.41) is 8.86. The first-order valence-electron chi connectivity index (χ1n) is 30.3. The van der Waals surface area contributed by atoms with E-state index in [9.17, 15) is 27.6 Å². The van der Waals surface area contributed by atoms with Gasteiger partial charge in [0.2, 0.25) is 17.7 Å². The number of hydrogen-bond donors (Lipinski definition) is 0. The third kappa shape index (κ3) is 25.0. The Hall–Kier alpha value is -3.84. The lowest BCUT2D eigenvalue weighted by Gasteiger charge is -2.41. The van der Waals surface area contributed by atoms with E-state index in [1.807, 2.05) is 34.6 Å². The van der Waals surface area contributed by atoms with Crippen LogP contribution in [0.15, 0.2) is 49.6 Å². The van der Waals surface area contributed by atoms with Crippen molar-refractivity contribution >= 4 is 33.5 Å². The average Bonchev–Trinajstić information content (AvgIpc) is 4.03. The fourth-order valence-electron chi connectivity index (χ4n) is 11.9. The molecule has 6 aliphatic rings. The molecule has 6 fully saturated rings. The van der Waals surface area contributed by atoms with Crippen molar-refractivity contribution in [3.05, 3.63) is 49.6 Å². The van der Waals surface area contributed by atoms with Crippen LogP contribution in [0.4, 0.5) is 0 Å². The van der Waals surface area contributed by atoms with Gasteiger partial charge in [-0.2, -0.15) is 5.26 Å². The van der Waals surface area contributed by atoms with E-state index in [2.05, 4.69) is 118 Å². The van der Waals surface area contributed by atoms with Crippen LogP contribution < -0.4 is 0 Å². The third-order valence-corrected chi connectivity index (χ3v) is 18.7. The number of sulfone groups is 1. The highest BCUT2D eigenvalue weighted by Gasteiger charge is 2.44. The molecule has 0 aliphatic carbocycles. The Bertz CT molecular complexity index is 2140. The summed E-state index contributed by atoms with van der Waals surface area (Å²) in [4.78, 5) is 62.3. The standard InChI is InChI=1S/C18H31N3O.C16H28N2O.C15H26N2O.C15H27NO3S/c1-15(2)13-16(14-19)17(22)21-11-9-20(10-12-21)8-6-7-18(3,4)5;1-5-15(19)17-11-13-7-8-14(12-17)18(13)10-6-9-16(2,3)4;1-5-14(18)17-11-12-9-13(17)10-16(12)8-6-7-15(2,3)4;1-5-14(17)16-10-7-13(8-11-16)20(18,19)12-6-9-15(2,3)4/h13,15H,6-12H2,1-5H3;5,13-14H,1,6-12H2,2-4H3;5,12-13H,1,6-11H2,2-4H3;5,13H,1,6-12H2,2-4H3. The van der Waals surface area contributed by atoms with Gasteiger partial charge < -0.3 is 19.6 Å². The third-order valence-electron chi connectivity index (χ3n) is 16.3. The van der Waals surface area contributed by atoms with Gasteiger partial charge in [0, 0.05) is 89.6 Å². The molecule has 14 nitrogen and oxygen atoms in total. The zero-order valence-electron chi connectivity index (χ0n) is 52.4. The number of nitriles is 1. The van der Waals surface area contributed by atoms with Gasteiger partial charge in [0.15, 0.2) is 9.84 Å². The summed E-state index contributed by atoms with van der Waals surface area (Å²) in [6.07, 6.45) is 19.9. The number of rotatable bonds is 18. The van der Waals surface area contributed by atoms with Crippen molar-refractivity contribution in [2.45, 2.75) is 210 Å². The van der Waals surface area contributed by atoms with Gasteiger partial charge in [-0.05, 0) is 149 Å². The van der Waals surface area contributed by atoms with Crippen LogP contribution in [0.3, 0.4) is 0 Å². The van der Waals surface area contributed by atoms with E-state index in [0.717, 1.165) is 78.2 Å². The van der Waals surface area contributed by atoms with E-state index < -0.39 is 9.84 Å². The number of carbonyl (C=O) groups is 4. The number of hydrogen-bond acceptors (Lipinski definition) is 10. The molecule has 79 heavy (non-hydrogen) atoms. The smallest absolute Gasteiger partial charge is 0.264 e. The number of allylic oxidation sites excluding steroid dienone is 1. The molecule has 15 heteroatoms. The van der Waals surface area contributed by atoms with E-state index in [-0.39, 0.29) is 51.5 Å². The highest BCUT2D eigenvalue weighted by Crippen LogP contribution is 2.34. The topological polar surface area (TPSA) is 149 Å². The second-order valence-electron chi connectivity index (χ2n) is 28.6. The largest absolute Gasteiger partial charge is 0.339 e. The van der Waals surface area contributed by atoms with Crippen molar-refractivity contribution in [2.75, 3.05) is 90.8 Å². The Balaban J connectivity index is 0.000000277. The van der Waals surface area contributed by atoms with Crippen LogP contribution in [0.5, 0.6) is 0 Å². The minimum Gasteiger partial charge on any atom is -0.339 e. The first-order chi connectivity index (χ1) is 36.7. The maximum Gasteiger partial charge on any atom is 0.264 e. The molecular formula is C64H112N8O6S. The molecule has 6 heterocycles. The molecule has 4 atom stereocenters. The van der Waals surface area contributed by atoms with Crippen molar-refractivity contribution < 1.29 is 27.6 Å². The number of piperazine rings is 3. The summed E-state index contributed by atoms with van der Waals surface area (Å²) in [7, 11) is -3.03. The molecule has 0 radical (unpaired) electrons. The van der Waals surface area contributed by atoms with Gasteiger partial charge in [-0.15, -0.1) is 0 Å². The molecule has 0 aromatic heterocycles. The molecule has 0 aromatic carbocycles. The first-order valence-corrected chi connectivity index (χ1v) is 32.0. The predicted molar refractivity (Wildman–Crippen MR) is 326 cm³/mol. The zero-order chi connectivity index (χ0) is 59.5. The summed E-state index contributed by atoms with van der Waals surface area (Å²) in [5.41, 5.74) is 1.72. The monoisotopic (exact) mass is 1120 g/mol. The molecule has 0 aromatic rings. The molecule has 0 N–H and O–H groups in total. The quantitative estimate of drug-likeness (QED) is 0.0959. The molecule has 0 spiro atoms. The second kappa shape index (κ2) is 31.6. The summed E-state index contributed by atoms with van der Waals surface area (Å²) < 4.78 is 24.6. The van der Waals surface area contributed by atoms with Gasteiger partial charge in [0.1, 0.15) is 11.6 Å². The van der Waals surface area contributed by atoms with Gasteiger partial charge in [-0.25, -0.2) is 8.42 Å². The SMILES string of the molecule is C=CC(=O)N1CC2CC1CN2CCCC(C)(C)C.C=CC(=O)N1CC2CCC(C1)N2CCCC(C)(C)C.C=CC(=O)N1CCC(S(=O)(=O)CCCC(C)(C)C)CC1.CC(C)C=C(C#N)C(=O)N1CCN(CCCC(C)(C)C)CC1. The van der Waals surface area contributed by atoms with E-state index in [0.29, 0.717) is 66.3 Å². The van der Waals surface area contributed by atoms with Crippen molar-refractivity contribution in [3.8, 4) is 6.07 Å². The number of fused-ring (bicyclic) bond motifs is 4. The number of likely N-dealkylation sites (tertiary alicyclic amines) is 4. The molecular weight excluding hydrogens is 1010 g/mol. The second-order valence-corrected chi connectivity index (χ2v) is 31.0. The van der Waals surface area contributed by atoms with Crippen LogP contribution in [0.2, 0.25) is 0 Å². The van der Waals surface area contributed by atoms with Crippen LogP contribution in [-0.4, -0.2) is 187 Å². The van der Waals surface area contributed by atoms with Crippen LogP contribution in [0.1, 0.15) is 180 Å². The van der Waals surface area contributed by atoms with E-state index in [4.69, 9.17) is 5.26 Å². The summed E-state index contributed by atoms with van der Waals surface area (Å²) >= 11 is 0. The molecule has 6 rings (SSSR count). The Kier molecular flexibility index (Phi) is 27.7. The minimum atomic E-state index is -3.03. The lowest BCUT2D eigenvalue weighted by Crippen LogP contribution is -2.55. The maximum absolute atomic E-state index is 12.3. The van der Waals surface area contributed by atoms with E-state index in [1.165, 1.54) is 82.7 Å². The predicted octanol–water partition coefficient (Wildman–Crippen LogP) is 10.4. The Morgan fingerprint density at radius 2 is 1.03 bits per heavy atom. The average molecular weight is 1120 g/mol.